The van der Waals surface area contributed by atoms with E-state index >= 15 is 0 Å². The van der Waals surface area contributed by atoms with Crippen molar-refractivity contribution in [1.82, 2.24) is 15.2 Å². The summed E-state index contributed by atoms with van der Waals surface area (Å²) in [5.41, 5.74) is 0.993. The highest BCUT2D eigenvalue weighted by Gasteiger charge is 2.32. The minimum Gasteiger partial charge on any atom is -0.355 e. The van der Waals surface area contributed by atoms with Crippen LogP contribution in [-0.4, -0.2) is 42.3 Å². The predicted molar refractivity (Wildman–Crippen MR) is 101 cm³/mol. The van der Waals surface area contributed by atoms with Gasteiger partial charge in [-0.25, -0.2) is 4.98 Å². The molecule has 0 unspecified atom stereocenters. The molecule has 2 aromatic rings. The molecule has 1 aromatic heterocycles. The summed E-state index contributed by atoms with van der Waals surface area (Å²) in [4.78, 5) is 30.6. The van der Waals surface area contributed by atoms with E-state index in [4.69, 9.17) is 4.98 Å². The van der Waals surface area contributed by atoms with Crippen LogP contribution in [0.1, 0.15) is 30.2 Å². The highest BCUT2D eigenvalue weighted by Crippen LogP contribution is 2.38. The van der Waals surface area contributed by atoms with E-state index in [2.05, 4.69) is 23.5 Å². The third-order valence-corrected chi connectivity index (χ3v) is 5.70. The first kappa shape index (κ1) is 17.6. The molecule has 5 nitrogen and oxygen atoms in total. The highest BCUT2D eigenvalue weighted by molar-refractivity contribution is 7.18. The van der Waals surface area contributed by atoms with Crippen LogP contribution < -0.4 is 5.32 Å². The zero-order valence-corrected chi connectivity index (χ0v) is 15.4. The van der Waals surface area contributed by atoms with E-state index in [9.17, 15) is 9.59 Å². The van der Waals surface area contributed by atoms with Crippen LogP contribution >= 0.6 is 11.3 Å². The van der Waals surface area contributed by atoms with Crippen molar-refractivity contribution >= 4 is 33.4 Å². The van der Waals surface area contributed by atoms with Crippen LogP contribution in [0.5, 0.6) is 0 Å². The minimum atomic E-state index is -0.125. The summed E-state index contributed by atoms with van der Waals surface area (Å²) in [5.74, 6) is 0.0127. The van der Waals surface area contributed by atoms with Gasteiger partial charge in [-0.15, -0.1) is 11.3 Å². The van der Waals surface area contributed by atoms with Crippen molar-refractivity contribution in [3.63, 3.8) is 0 Å². The van der Waals surface area contributed by atoms with Crippen molar-refractivity contribution in [2.24, 2.45) is 5.92 Å². The monoisotopic (exact) mass is 357 g/mol. The molecular weight excluding hydrogens is 334 g/mol. The Balaban J connectivity index is 1.69. The van der Waals surface area contributed by atoms with Gasteiger partial charge in [0.1, 0.15) is 0 Å². The second kappa shape index (κ2) is 7.78. The van der Waals surface area contributed by atoms with E-state index in [1.807, 2.05) is 18.2 Å². The molecule has 0 aliphatic heterocycles. The number of rotatable bonds is 5. The molecule has 0 fully saturated rings. The van der Waals surface area contributed by atoms with Gasteiger partial charge in [-0.1, -0.05) is 24.3 Å². The first-order valence-corrected chi connectivity index (χ1v) is 9.36. The van der Waals surface area contributed by atoms with Gasteiger partial charge < -0.3 is 10.2 Å². The van der Waals surface area contributed by atoms with Crippen LogP contribution in [0, 0.1) is 5.92 Å². The Kier molecular flexibility index (Phi) is 5.48. The molecule has 1 aliphatic rings. The summed E-state index contributed by atoms with van der Waals surface area (Å²) in [5, 5.41) is 3.95. The second-order valence-electron chi connectivity index (χ2n) is 6.50. The van der Waals surface area contributed by atoms with Gasteiger partial charge in [0.05, 0.1) is 21.1 Å². The number of fused-ring (bicyclic) bond motifs is 1. The third kappa shape index (κ3) is 4.07. The molecular formula is C19H23N3O2S. The topological polar surface area (TPSA) is 62.3 Å². The van der Waals surface area contributed by atoms with Gasteiger partial charge in [0.15, 0.2) is 0 Å². The molecule has 2 atom stereocenters. The number of amides is 2. The lowest BCUT2D eigenvalue weighted by atomic mass is 9.82. The average molecular weight is 357 g/mol. The van der Waals surface area contributed by atoms with Gasteiger partial charge in [-0.2, -0.15) is 0 Å². The molecule has 3 rings (SSSR count). The fraction of sp³-hybridized carbons (Fsp3) is 0.421. The van der Waals surface area contributed by atoms with Gasteiger partial charge in [-0.3, -0.25) is 9.59 Å². The van der Waals surface area contributed by atoms with Gasteiger partial charge in [-0.05, 0) is 25.0 Å². The summed E-state index contributed by atoms with van der Waals surface area (Å²) in [6, 6.07) is 8.07. The number of aromatic nitrogens is 1. The highest BCUT2D eigenvalue weighted by atomic mass is 32.1. The van der Waals surface area contributed by atoms with Crippen molar-refractivity contribution in [1.29, 1.82) is 0 Å². The van der Waals surface area contributed by atoms with E-state index in [-0.39, 0.29) is 23.7 Å². The van der Waals surface area contributed by atoms with Gasteiger partial charge in [0, 0.05) is 33.0 Å². The lowest BCUT2D eigenvalue weighted by molar-refractivity contribution is -0.129. The van der Waals surface area contributed by atoms with Crippen molar-refractivity contribution < 1.29 is 9.59 Å². The minimum absolute atomic E-state index is 0.0140. The third-order valence-electron chi connectivity index (χ3n) is 4.53. The summed E-state index contributed by atoms with van der Waals surface area (Å²) >= 11 is 1.67. The number of allylic oxidation sites excluding steroid dienone is 2. The molecule has 25 heavy (non-hydrogen) atoms. The van der Waals surface area contributed by atoms with Crippen molar-refractivity contribution in [3.05, 3.63) is 41.4 Å². The van der Waals surface area contributed by atoms with Crippen molar-refractivity contribution in [3.8, 4) is 0 Å². The molecule has 132 valence electrons. The van der Waals surface area contributed by atoms with Crippen LogP contribution in [0.3, 0.4) is 0 Å². The second-order valence-corrected chi connectivity index (χ2v) is 7.57. The molecule has 0 saturated heterocycles. The van der Waals surface area contributed by atoms with E-state index < -0.39 is 0 Å². The number of hydrogen-bond donors (Lipinski definition) is 1. The molecule has 0 saturated carbocycles. The van der Waals surface area contributed by atoms with Crippen LogP contribution in [0.2, 0.25) is 0 Å². The predicted octanol–water partition coefficient (Wildman–Crippen LogP) is 2.94. The zero-order valence-electron chi connectivity index (χ0n) is 14.6. The molecule has 0 radical (unpaired) electrons. The largest absolute Gasteiger partial charge is 0.355 e. The van der Waals surface area contributed by atoms with E-state index in [1.54, 1.807) is 30.3 Å². The normalized spacial score (nSPS) is 19.8. The molecule has 1 N–H and O–H groups in total. The Morgan fingerprint density at radius 3 is 2.76 bits per heavy atom. The quantitative estimate of drug-likeness (QED) is 0.837. The number of thiazole rings is 1. The average Bonchev–Trinajstić information content (AvgIpc) is 3.05. The van der Waals surface area contributed by atoms with Crippen LogP contribution in [0.15, 0.2) is 36.4 Å². The van der Waals surface area contributed by atoms with E-state index in [0.29, 0.717) is 19.4 Å². The maximum Gasteiger partial charge on any atom is 0.224 e. The standard InChI is InChI=1S/C19H23N3O2S/c1-22(2)17(23)11-12-20-18(24)13-7-3-4-8-14(13)19-21-15-9-5-6-10-16(15)25-19/h3-6,9-10,13-14H,7-8,11-12H2,1-2H3,(H,20,24)/t13-,14-/m1/s1. The SMILES string of the molecule is CN(C)C(=O)CCNC(=O)[C@@H]1CC=CC[C@H]1c1nc2ccccc2s1. The molecule has 6 heteroatoms. The number of nitrogens with zero attached hydrogens (tertiary/aromatic N) is 2. The Bertz CT molecular complexity index is 764. The molecule has 1 aliphatic carbocycles. The Labute approximate surface area is 151 Å². The fourth-order valence-electron chi connectivity index (χ4n) is 3.07. The Hall–Kier alpha value is -2.21. The molecule has 2 amide bonds. The number of hydrogen-bond acceptors (Lipinski definition) is 4. The van der Waals surface area contributed by atoms with Crippen molar-refractivity contribution in [2.75, 3.05) is 20.6 Å². The Morgan fingerprint density at radius 1 is 1.24 bits per heavy atom. The molecule has 1 heterocycles. The number of carbonyl (C=O) groups is 2. The summed E-state index contributed by atoms with van der Waals surface area (Å²) in [6.45, 7) is 0.378. The lowest BCUT2D eigenvalue weighted by Crippen LogP contribution is -2.37. The van der Waals surface area contributed by atoms with E-state index in [1.165, 1.54) is 0 Å². The number of para-hydroxylation sites is 1. The van der Waals surface area contributed by atoms with Crippen LogP contribution in [0.4, 0.5) is 0 Å². The summed E-state index contributed by atoms with van der Waals surface area (Å²) in [7, 11) is 3.44. The van der Waals surface area contributed by atoms with E-state index in [0.717, 1.165) is 21.6 Å². The first-order valence-electron chi connectivity index (χ1n) is 8.54. The van der Waals surface area contributed by atoms with Gasteiger partial charge in [0.2, 0.25) is 11.8 Å². The fourth-order valence-corrected chi connectivity index (χ4v) is 4.22. The van der Waals surface area contributed by atoms with Gasteiger partial charge in [0.25, 0.3) is 0 Å². The molecule has 0 bridgehead atoms. The maximum atomic E-state index is 12.7. The number of benzene rings is 1. The zero-order chi connectivity index (χ0) is 17.8. The van der Waals surface area contributed by atoms with Crippen LogP contribution in [0.25, 0.3) is 10.2 Å². The number of carbonyl (C=O) groups excluding carboxylic acids is 2. The molecule has 0 spiro atoms. The summed E-state index contributed by atoms with van der Waals surface area (Å²) < 4.78 is 1.16. The Morgan fingerprint density at radius 2 is 2.00 bits per heavy atom. The molecule has 1 aromatic carbocycles. The lowest BCUT2D eigenvalue weighted by Gasteiger charge is -2.26. The van der Waals surface area contributed by atoms with Crippen molar-refractivity contribution in [2.45, 2.75) is 25.2 Å². The maximum absolute atomic E-state index is 12.7. The van der Waals surface area contributed by atoms with Crippen LogP contribution in [-0.2, 0) is 9.59 Å². The summed E-state index contributed by atoms with van der Waals surface area (Å²) in [6.07, 6.45) is 6.07. The first-order chi connectivity index (χ1) is 12.1. The van der Waals surface area contributed by atoms with Gasteiger partial charge >= 0.3 is 0 Å². The number of nitrogens with one attached hydrogen (secondary N) is 1. The smallest absolute Gasteiger partial charge is 0.224 e.